The van der Waals surface area contributed by atoms with E-state index in [0.29, 0.717) is 16.7 Å². The van der Waals surface area contributed by atoms with Crippen LogP contribution in [0.4, 0.5) is 9.52 Å². The van der Waals surface area contributed by atoms with Crippen molar-refractivity contribution in [1.29, 1.82) is 0 Å². The van der Waals surface area contributed by atoms with Crippen molar-refractivity contribution < 1.29 is 9.18 Å². The Morgan fingerprint density at radius 1 is 1.27 bits per heavy atom. The van der Waals surface area contributed by atoms with Crippen LogP contribution >= 0.6 is 22.9 Å². The maximum atomic E-state index is 13.2. The van der Waals surface area contributed by atoms with Crippen LogP contribution in [0.1, 0.15) is 17.5 Å². The van der Waals surface area contributed by atoms with Gasteiger partial charge in [-0.2, -0.15) is 0 Å². The van der Waals surface area contributed by atoms with Crippen LogP contribution in [0.25, 0.3) is 10.2 Å². The molecule has 4 rings (SSSR count). The number of nitrogens with zero attached hydrogens (tertiary/aromatic N) is 4. The fraction of sp³-hybridized carbons (Fsp3) is 0.227. The summed E-state index contributed by atoms with van der Waals surface area (Å²) in [6, 6.07) is 9.76. The smallest absolute Gasteiger partial charge is 0.233 e. The predicted octanol–water partition coefficient (Wildman–Crippen LogP) is 5.26. The van der Waals surface area contributed by atoms with E-state index < -0.39 is 0 Å². The largest absolute Gasteiger partial charge is 0.337 e. The highest BCUT2D eigenvalue weighted by Crippen LogP contribution is 2.33. The zero-order valence-corrected chi connectivity index (χ0v) is 18.0. The fourth-order valence-electron chi connectivity index (χ4n) is 3.29. The molecule has 30 heavy (non-hydrogen) atoms. The van der Waals surface area contributed by atoms with Crippen molar-refractivity contribution in [2.45, 2.75) is 26.3 Å². The Morgan fingerprint density at radius 2 is 2.07 bits per heavy atom. The molecule has 0 unspecified atom stereocenters. The van der Waals surface area contributed by atoms with Gasteiger partial charge in [0.15, 0.2) is 5.13 Å². The van der Waals surface area contributed by atoms with Crippen molar-refractivity contribution in [3.63, 3.8) is 0 Å². The van der Waals surface area contributed by atoms with Crippen molar-refractivity contribution in [3.8, 4) is 0 Å². The molecule has 2 aromatic heterocycles. The Labute approximate surface area is 182 Å². The summed E-state index contributed by atoms with van der Waals surface area (Å²) in [5.41, 5.74) is 2.60. The molecule has 0 fully saturated rings. The van der Waals surface area contributed by atoms with Crippen molar-refractivity contribution in [3.05, 3.63) is 77.1 Å². The SMILES string of the molecule is Cc1cc(Cl)cc2sc(N(CCCn3ccnc3)C(=O)Cc3ccc(F)cc3)nc12. The van der Waals surface area contributed by atoms with Crippen LogP contribution in [0.2, 0.25) is 5.02 Å². The van der Waals surface area contributed by atoms with Crippen molar-refractivity contribution >= 4 is 44.2 Å². The van der Waals surface area contributed by atoms with E-state index in [1.807, 2.05) is 29.8 Å². The van der Waals surface area contributed by atoms with Gasteiger partial charge in [0, 0.05) is 30.5 Å². The van der Waals surface area contributed by atoms with E-state index in [9.17, 15) is 9.18 Å². The number of thiazole rings is 1. The molecule has 2 aromatic carbocycles. The highest BCUT2D eigenvalue weighted by atomic mass is 35.5. The Hall–Kier alpha value is -2.77. The first-order valence-corrected chi connectivity index (χ1v) is 10.8. The Balaban J connectivity index is 1.59. The quantitative estimate of drug-likeness (QED) is 0.392. The molecule has 0 bridgehead atoms. The molecule has 8 heteroatoms. The van der Waals surface area contributed by atoms with Crippen molar-refractivity contribution in [2.24, 2.45) is 0 Å². The number of benzene rings is 2. The zero-order valence-electron chi connectivity index (χ0n) is 16.4. The number of aromatic nitrogens is 3. The van der Waals surface area contributed by atoms with E-state index in [0.717, 1.165) is 34.3 Å². The number of imidazole rings is 1. The summed E-state index contributed by atoms with van der Waals surface area (Å²) in [5.74, 6) is -0.392. The predicted molar refractivity (Wildman–Crippen MR) is 119 cm³/mol. The molecule has 0 atom stereocenters. The number of hydrogen-bond donors (Lipinski definition) is 0. The second-order valence-electron chi connectivity index (χ2n) is 7.07. The summed E-state index contributed by atoms with van der Waals surface area (Å²) in [4.78, 5) is 23.7. The molecule has 154 valence electrons. The van der Waals surface area contributed by atoms with E-state index in [1.165, 1.54) is 23.5 Å². The average molecular weight is 443 g/mol. The number of carbonyl (C=O) groups excluding carboxylic acids is 1. The van der Waals surface area contributed by atoms with Gasteiger partial charge in [0.25, 0.3) is 0 Å². The monoisotopic (exact) mass is 442 g/mol. The van der Waals surface area contributed by atoms with Crippen molar-refractivity contribution in [2.75, 3.05) is 11.4 Å². The van der Waals surface area contributed by atoms with Gasteiger partial charge in [0.05, 0.1) is 23.0 Å². The van der Waals surface area contributed by atoms with E-state index in [1.54, 1.807) is 29.6 Å². The lowest BCUT2D eigenvalue weighted by Gasteiger charge is -2.20. The molecule has 0 aliphatic rings. The lowest BCUT2D eigenvalue weighted by molar-refractivity contribution is -0.118. The summed E-state index contributed by atoms with van der Waals surface area (Å²) >= 11 is 7.65. The molecule has 4 aromatic rings. The van der Waals surface area contributed by atoms with Gasteiger partial charge in [0.2, 0.25) is 5.91 Å². The molecule has 0 N–H and O–H groups in total. The minimum absolute atomic E-state index is 0.0740. The Kier molecular flexibility index (Phi) is 6.11. The number of amides is 1. The standard InChI is InChI=1S/C22H20ClFN4OS/c1-15-11-17(23)13-19-21(15)26-22(30-19)28(9-2-8-27-10-7-25-14-27)20(29)12-16-3-5-18(24)6-4-16/h3-7,10-11,13-14H,2,8-9,12H2,1H3. The third kappa shape index (κ3) is 4.68. The number of aryl methyl sites for hydroxylation is 2. The second-order valence-corrected chi connectivity index (χ2v) is 8.51. The van der Waals surface area contributed by atoms with Crippen LogP contribution in [0.5, 0.6) is 0 Å². The average Bonchev–Trinajstić information content (AvgIpc) is 3.36. The van der Waals surface area contributed by atoms with Gasteiger partial charge in [-0.1, -0.05) is 35.1 Å². The van der Waals surface area contributed by atoms with E-state index >= 15 is 0 Å². The molecule has 5 nitrogen and oxygen atoms in total. The molecule has 0 saturated carbocycles. The van der Waals surface area contributed by atoms with Crippen LogP contribution in [0.3, 0.4) is 0 Å². The van der Waals surface area contributed by atoms with E-state index in [4.69, 9.17) is 16.6 Å². The third-order valence-electron chi connectivity index (χ3n) is 4.80. The number of carbonyl (C=O) groups is 1. The second kappa shape index (κ2) is 8.93. The van der Waals surface area contributed by atoms with Gasteiger partial charge in [0.1, 0.15) is 5.82 Å². The molecular weight excluding hydrogens is 423 g/mol. The van der Waals surface area contributed by atoms with Gasteiger partial charge in [-0.3, -0.25) is 9.69 Å². The summed E-state index contributed by atoms with van der Waals surface area (Å²) in [5, 5.41) is 1.30. The Bertz CT molecular complexity index is 1160. The van der Waals surface area contributed by atoms with Gasteiger partial charge in [-0.15, -0.1) is 0 Å². The Morgan fingerprint density at radius 3 is 2.80 bits per heavy atom. The van der Waals surface area contributed by atoms with Crippen LogP contribution in [-0.2, 0) is 17.8 Å². The lowest BCUT2D eigenvalue weighted by Crippen LogP contribution is -2.33. The molecule has 0 spiro atoms. The van der Waals surface area contributed by atoms with E-state index in [-0.39, 0.29) is 18.1 Å². The molecular formula is C22H20ClFN4OS. The van der Waals surface area contributed by atoms with Crippen LogP contribution in [0, 0.1) is 12.7 Å². The third-order valence-corrected chi connectivity index (χ3v) is 6.04. The summed E-state index contributed by atoms with van der Waals surface area (Å²) in [7, 11) is 0. The van der Waals surface area contributed by atoms with Crippen LogP contribution in [0.15, 0.2) is 55.1 Å². The molecule has 0 aliphatic heterocycles. The number of anilines is 1. The number of rotatable bonds is 7. The summed E-state index contributed by atoms with van der Waals surface area (Å²) < 4.78 is 16.1. The molecule has 0 saturated heterocycles. The maximum absolute atomic E-state index is 13.2. The highest BCUT2D eigenvalue weighted by molar-refractivity contribution is 7.22. The highest BCUT2D eigenvalue weighted by Gasteiger charge is 2.21. The normalized spacial score (nSPS) is 11.2. The number of fused-ring (bicyclic) bond motifs is 1. The maximum Gasteiger partial charge on any atom is 0.233 e. The number of halogens is 2. The molecule has 1 amide bonds. The zero-order chi connectivity index (χ0) is 21.1. The first-order valence-electron chi connectivity index (χ1n) is 9.57. The van der Waals surface area contributed by atoms with Gasteiger partial charge < -0.3 is 4.57 Å². The first kappa shape index (κ1) is 20.5. The van der Waals surface area contributed by atoms with Crippen molar-refractivity contribution in [1.82, 2.24) is 14.5 Å². The number of hydrogen-bond acceptors (Lipinski definition) is 4. The van der Waals surface area contributed by atoms with Gasteiger partial charge >= 0.3 is 0 Å². The summed E-state index contributed by atoms with van der Waals surface area (Å²) in [6.45, 7) is 3.22. The van der Waals surface area contributed by atoms with Crippen LogP contribution < -0.4 is 4.90 Å². The molecule has 0 aliphatic carbocycles. The fourth-order valence-corrected chi connectivity index (χ4v) is 4.75. The topological polar surface area (TPSA) is 51.0 Å². The molecule has 0 radical (unpaired) electrons. The summed E-state index contributed by atoms with van der Waals surface area (Å²) in [6.07, 6.45) is 6.32. The van der Waals surface area contributed by atoms with Gasteiger partial charge in [-0.05, 0) is 48.7 Å². The minimum atomic E-state index is -0.318. The lowest BCUT2D eigenvalue weighted by atomic mass is 10.1. The van der Waals surface area contributed by atoms with Gasteiger partial charge in [-0.25, -0.2) is 14.4 Å². The first-order chi connectivity index (χ1) is 14.5. The van der Waals surface area contributed by atoms with E-state index in [2.05, 4.69) is 4.98 Å². The van der Waals surface area contributed by atoms with Crippen LogP contribution in [-0.4, -0.2) is 27.0 Å². The minimum Gasteiger partial charge on any atom is -0.337 e. The molecule has 2 heterocycles.